The fourth-order valence-electron chi connectivity index (χ4n) is 2.92. The lowest BCUT2D eigenvalue weighted by Gasteiger charge is -2.17. The number of anilines is 1. The first-order chi connectivity index (χ1) is 14.1. The van der Waals surface area contributed by atoms with Crippen molar-refractivity contribution >= 4 is 34.6 Å². The first kappa shape index (κ1) is 20.6. The normalized spacial score (nSPS) is 14.8. The summed E-state index contributed by atoms with van der Waals surface area (Å²) in [5, 5.41) is 0.578. The highest BCUT2D eigenvalue weighted by molar-refractivity contribution is 8.13. The smallest absolute Gasteiger partial charge is 0.283 e. The van der Waals surface area contributed by atoms with Crippen LogP contribution < -0.4 is 23.8 Å². The van der Waals surface area contributed by atoms with E-state index in [0.717, 1.165) is 0 Å². The van der Waals surface area contributed by atoms with Gasteiger partial charge in [0.05, 0.1) is 34.1 Å². The first-order valence-corrected chi connectivity index (χ1v) is 9.91. The van der Waals surface area contributed by atoms with Crippen molar-refractivity contribution in [2.45, 2.75) is 0 Å². The number of hydrogen-bond acceptors (Lipinski definition) is 7. The zero-order valence-electron chi connectivity index (χ0n) is 16.9. The van der Waals surface area contributed by atoms with Crippen LogP contribution in [0.4, 0.5) is 5.69 Å². The topological polar surface area (TPSA) is 69.6 Å². The van der Waals surface area contributed by atoms with E-state index in [1.807, 2.05) is 24.5 Å². The summed E-state index contributed by atoms with van der Waals surface area (Å²) in [6, 6.07) is 10.8. The van der Waals surface area contributed by atoms with Crippen molar-refractivity contribution in [3.05, 3.63) is 47.7 Å². The number of amidine groups is 1. The van der Waals surface area contributed by atoms with Crippen LogP contribution in [-0.2, 0) is 4.79 Å². The van der Waals surface area contributed by atoms with Gasteiger partial charge in [0.1, 0.15) is 17.2 Å². The number of rotatable bonds is 6. The van der Waals surface area contributed by atoms with Crippen LogP contribution in [0, 0.1) is 0 Å². The Morgan fingerprint density at radius 1 is 0.931 bits per heavy atom. The van der Waals surface area contributed by atoms with Crippen LogP contribution >= 0.6 is 11.8 Å². The quantitative estimate of drug-likeness (QED) is 0.669. The minimum Gasteiger partial charge on any atom is -0.497 e. The summed E-state index contributed by atoms with van der Waals surface area (Å²) in [5.41, 5.74) is 1.64. The number of carbonyl (C=O) groups excluding carboxylic acids is 1. The van der Waals surface area contributed by atoms with Crippen LogP contribution in [0.3, 0.4) is 0 Å². The fourth-order valence-corrected chi connectivity index (χ4v) is 3.48. The molecule has 0 bridgehead atoms. The number of hydrogen-bond donors (Lipinski definition) is 0. The molecule has 1 aliphatic heterocycles. The average molecular weight is 414 g/mol. The number of methoxy groups -OCH3 is 4. The Bertz CT molecular complexity index is 987. The molecular weight excluding hydrogens is 392 g/mol. The van der Waals surface area contributed by atoms with E-state index in [4.69, 9.17) is 18.9 Å². The molecule has 0 saturated carbocycles. The minimum atomic E-state index is -0.237. The Labute approximate surface area is 173 Å². The molecule has 1 aliphatic rings. The highest BCUT2D eigenvalue weighted by Gasteiger charge is 2.31. The van der Waals surface area contributed by atoms with E-state index >= 15 is 0 Å². The number of thioether (sulfide) groups is 1. The second kappa shape index (κ2) is 8.91. The summed E-state index contributed by atoms with van der Waals surface area (Å²) in [7, 11) is 6.25. The van der Waals surface area contributed by atoms with Crippen molar-refractivity contribution in [1.29, 1.82) is 0 Å². The number of benzene rings is 2. The van der Waals surface area contributed by atoms with E-state index in [2.05, 4.69) is 4.99 Å². The second-order valence-electron chi connectivity index (χ2n) is 5.92. The molecule has 0 atom stereocenters. The van der Waals surface area contributed by atoms with Gasteiger partial charge >= 0.3 is 0 Å². The van der Waals surface area contributed by atoms with Gasteiger partial charge in [-0.3, -0.25) is 9.69 Å². The first-order valence-electron chi connectivity index (χ1n) is 8.69. The molecule has 2 aromatic rings. The average Bonchev–Trinajstić information content (AvgIpc) is 3.08. The number of ether oxygens (including phenoxy) is 4. The van der Waals surface area contributed by atoms with Gasteiger partial charge in [0.2, 0.25) is 0 Å². The Kier molecular flexibility index (Phi) is 6.33. The number of carbonyl (C=O) groups is 1. The third kappa shape index (κ3) is 4.02. The van der Waals surface area contributed by atoms with Gasteiger partial charge in [-0.05, 0) is 30.5 Å². The summed E-state index contributed by atoms with van der Waals surface area (Å²) in [5.74, 6) is 2.04. The van der Waals surface area contributed by atoms with Crippen molar-refractivity contribution in [2.24, 2.45) is 4.99 Å². The van der Waals surface area contributed by atoms with Crippen LogP contribution in [0.1, 0.15) is 5.56 Å². The highest BCUT2D eigenvalue weighted by atomic mass is 32.2. The van der Waals surface area contributed by atoms with Gasteiger partial charge in [-0.25, -0.2) is 4.99 Å². The maximum Gasteiger partial charge on any atom is 0.283 e. The van der Waals surface area contributed by atoms with E-state index in [-0.39, 0.29) is 5.91 Å². The fraction of sp³-hybridized carbons (Fsp3) is 0.238. The van der Waals surface area contributed by atoms with Gasteiger partial charge in [-0.15, -0.1) is 0 Å². The van der Waals surface area contributed by atoms with Gasteiger partial charge in [0, 0.05) is 17.7 Å². The maximum atomic E-state index is 13.1. The van der Waals surface area contributed by atoms with Gasteiger partial charge in [-0.2, -0.15) is 0 Å². The highest BCUT2D eigenvalue weighted by Crippen LogP contribution is 2.37. The lowest BCUT2D eigenvalue weighted by atomic mass is 10.1. The van der Waals surface area contributed by atoms with Crippen molar-refractivity contribution in [3.8, 4) is 23.0 Å². The zero-order valence-corrected chi connectivity index (χ0v) is 17.7. The Balaban J connectivity index is 2.05. The van der Waals surface area contributed by atoms with Gasteiger partial charge in [0.25, 0.3) is 5.91 Å². The monoisotopic (exact) mass is 414 g/mol. The maximum absolute atomic E-state index is 13.1. The molecule has 7 nitrogen and oxygen atoms in total. The molecule has 0 unspecified atom stereocenters. The van der Waals surface area contributed by atoms with E-state index in [1.165, 1.54) is 11.8 Å². The third-order valence-electron chi connectivity index (χ3n) is 4.35. The molecule has 1 heterocycles. The number of aliphatic imine (C=N–C) groups is 1. The predicted octanol–water partition coefficient (Wildman–Crippen LogP) is 3.83. The summed E-state index contributed by atoms with van der Waals surface area (Å²) in [4.78, 5) is 19.2. The van der Waals surface area contributed by atoms with Gasteiger partial charge < -0.3 is 18.9 Å². The third-order valence-corrected chi connectivity index (χ3v) is 4.99. The van der Waals surface area contributed by atoms with Crippen LogP contribution in [0.2, 0.25) is 0 Å². The van der Waals surface area contributed by atoms with Gasteiger partial charge in [0.15, 0.2) is 16.7 Å². The molecule has 0 fully saturated rings. The summed E-state index contributed by atoms with van der Waals surface area (Å²) >= 11 is 1.39. The molecule has 0 N–H and O–H groups in total. The van der Waals surface area contributed by atoms with Crippen molar-refractivity contribution in [3.63, 3.8) is 0 Å². The molecule has 152 valence electrons. The van der Waals surface area contributed by atoms with Crippen LogP contribution in [0.5, 0.6) is 23.0 Å². The SMILES string of the molecule is COc1cccc(N2C(=O)/C(=C/c3cc(OC)c(OC)cc3OC)N=C2SC)c1. The molecule has 29 heavy (non-hydrogen) atoms. The Morgan fingerprint density at radius 2 is 1.62 bits per heavy atom. The molecular formula is C21H22N2O5S. The van der Waals surface area contributed by atoms with Crippen molar-refractivity contribution in [1.82, 2.24) is 0 Å². The van der Waals surface area contributed by atoms with Crippen LogP contribution in [-0.4, -0.2) is 45.8 Å². The van der Waals surface area contributed by atoms with Crippen molar-refractivity contribution in [2.75, 3.05) is 39.6 Å². The number of amides is 1. The molecule has 3 rings (SSSR count). The largest absolute Gasteiger partial charge is 0.497 e. The molecule has 0 radical (unpaired) electrons. The Morgan fingerprint density at radius 3 is 2.24 bits per heavy atom. The van der Waals surface area contributed by atoms with Crippen LogP contribution in [0.25, 0.3) is 6.08 Å². The molecule has 8 heteroatoms. The van der Waals surface area contributed by atoms with E-state index in [1.54, 1.807) is 57.6 Å². The zero-order chi connectivity index (χ0) is 21.0. The summed E-state index contributed by atoms with van der Waals surface area (Å²) in [6.45, 7) is 0. The van der Waals surface area contributed by atoms with Crippen LogP contribution in [0.15, 0.2) is 47.1 Å². The lowest BCUT2D eigenvalue weighted by molar-refractivity contribution is -0.113. The minimum absolute atomic E-state index is 0.237. The second-order valence-corrected chi connectivity index (χ2v) is 6.69. The summed E-state index contributed by atoms with van der Waals surface area (Å²) in [6.07, 6.45) is 3.55. The molecule has 0 aromatic heterocycles. The van der Waals surface area contributed by atoms with Gasteiger partial charge in [-0.1, -0.05) is 17.8 Å². The van der Waals surface area contributed by atoms with E-state index < -0.39 is 0 Å². The molecule has 2 aromatic carbocycles. The van der Waals surface area contributed by atoms with E-state index in [9.17, 15) is 4.79 Å². The summed E-state index contributed by atoms with van der Waals surface area (Å²) < 4.78 is 21.4. The van der Waals surface area contributed by atoms with E-state index in [0.29, 0.717) is 45.1 Å². The molecule has 0 aliphatic carbocycles. The number of nitrogens with zero attached hydrogens (tertiary/aromatic N) is 2. The Hall–Kier alpha value is -3.13. The molecule has 0 spiro atoms. The lowest BCUT2D eigenvalue weighted by Crippen LogP contribution is -2.30. The van der Waals surface area contributed by atoms with Crippen molar-refractivity contribution < 1.29 is 23.7 Å². The molecule has 1 amide bonds. The predicted molar refractivity (Wildman–Crippen MR) is 116 cm³/mol. The standard InChI is InChI=1S/C21H22N2O5S/c1-25-15-8-6-7-14(11-15)23-20(24)16(22-21(23)29-5)9-13-10-18(27-3)19(28-4)12-17(13)26-2/h6-12H,1-5H3/b16-9-. The molecule has 0 saturated heterocycles.